The molecule has 0 aromatic heterocycles. The van der Waals surface area contributed by atoms with E-state index in [0.29, 0.717) is 19.8 Å². The SMILES string of the molecule is CCc1cc(C(C)(c2cc(COC)c3c(c2)C3)c2cc(COC)c3c(c2)CO3)cc2c1C2. The van der Waals surface area contributed by atoms with E-state index in [1.165, 1.54) is 50.1 Å². The molecule has 0 bridgehead atoms. The van der Waals surface area contributed by atoms with Crippen LogP contribution in [0.25, 0.3) is 0 Å². The van der Waals surface area contributed by atoms with Crippen molar-refractivity contribution in [1.29, 1.82) is 0 Å². The Labute approximate surface area is 190 Å². The van der Waals surface area contributed by atoms with Crippen molar-refractivity contribution in [2.45, 2.75) is 58.3 Å². The Hall–Kier alpha value is -2.62. The zero-order valence-corrected chi connectivity index (χ0v) is 19.4. The Kier molecular flexibility index (Phi) is 4.50. The first-order valence-electron chi connectivity index (χ1n) is 11.6. The second-order valence-electron chi connectivity index (χ2n) is 9.66. The highest BCUT2D eigenvalue weighted by molar-refractivity contribution is 5.63. The van der Waals surface area contributed by atoms with E-state index in [1.807, 2.05) is 0 Å². The van der Waals surface area contributed by atoms with Crippen molar-refractivity contribution in [1.82, 2.24) is 0 Å². The fraction of sp³-hybridized carbons (Fsp3) is 0.379. The van der Waals surface area contributed by atoms with Gasteiger partial charge in [-0.05, 0) is 88.4 Å². The minimum atomic E-state index is -0.255. The van der Waals surface area contributed by atoms with Crippen LogP contribution in [0.15, 0.2) is 36.4 Å². The first kappa shape index (κ1) is 20.0. The van der Waals surface area contributed by atoms with Crippen LogP contribution < -0.4 is 4.74 Å². The van der Waals surface area contributed by atoms with Gasteiger partial charge in [0.1, 0.15) is 12.4 Å². The van der Waals surface area contributed by atoms with Crippen molar-refractivity contribution in [3.05, 3.63) is 97.6 Å². The highest BCUT2D eigenvalue weighted by Crippen LogP contribution is 2.48. The van der Waals surface area contributed by atoms with Gasteiger partial charge in [0, 0.05) is 30.8 Å². The number of hydrogen-bond donors (Lipinski definition) is 0. The first-order chi connectivity index (χ1) is 15.6. The van der Waals surface area contributed by atoms with Crippen LogP contribution >= 0.6 is 0 Å². The molecule has 6 rings (SSSR count). The van der Waals surface area contributed by atoms with Gasteiger partial charge in [0.25, 0.3) is 0 Å². The van der Waals surface area contributed by atoms with Crippen LogP contribution in [0.5, 0.6) is 5.75 Å². The summed E-state index contributed by atoms with van der Waals surface area (Å²) in [5.74, 6) is 1.01. The van der Waals surface area contributed by atoms with Gasteiger partial charge in [-0.3, -0.25) is 0 Å². The molecule has 0 saturated heterocycles. The van der Waals surface area contributed by atoms with Gasteiger partial charge < -0.3 is 14.2 Å². The van der Waals surface area contributed by atoms with Gasteiger partial charge in [0.2, 0.25) is 0 Å². The van der Waals surface area contributed by atoms with Crippen molar-refractivity contribution in [2.75, 3.05) is 14.2 Å². The van der Waals surface area contributed by atoms with Gasteiger partial charge in [0.05, 0.1) is 13.2 Å². The normalized spacial score (nSPS) is 16.2. The zero-order valence-electron chi connectivity index (χ0n) is 19.4. The largest absolute Gasteiger partial charge is 0.488 e. The summed E-state index contributed by atoms with van der Waals surface area (Å²) in [4.78, 5) is 0. The number of methoxy groups -OCH3 is 2. The quantitative estimate of drug-likeness (QED) is 0.303. The monoisotopic (exact) mass is 426 g/mol. The first-order valence-corrected chi connectivity index (χ1v) is 11.6. The Morgan fingerprint density at radius 2 is 1.28 bits per heavy atom. The summed E-state index contributed by atoms with van der Waals surface area (Å²) in [6.07, 6.45) is 3.32. The fourth-order valence-corrected chi connectivity index (χ4v) is 5.56. The smallest absolute Gasteiger partial charge is 0.131 e. The number of hydrogen-bond acceptors (Lipinski definition) is 3. The highest BCUT2D eigenvalue weighted by Gasteiger charge is 2.38. The number of benzene rings is 3. The van der Waals surface area contributed by atoms with Crippen molar-refractivity contribution < 1.29 is 14.2 Å². The molecule has 32 heavy (non-hydrogen) atoms. The lowest BCUT2D eigenvalue weighted by Gasteiger charge is -2.35. The topological polar surface area (TPSA) is 27.7 Å². The third-order valence-electron chi connectivity index (χ3n) is 7.68. The molecular formula is C29H30O3. The summed E-state index contributed by atoms with van der Waals surface area (Å²) in [5.41, 5.74) is 15.1. The maximum atomic E-state index is 5.78. The Morgan fingerprint density at radius 3 is 1.84 bits per heavy atom. The second kappa shape index (κ2) is 7.19. The molecule has 1 aliphatic heterocycles. The van der Waals surface area contributed by atoms with Crippen LogP contribution in [-0.2, 0) is 54.0 Å². The predicted octanol–water partition coefficient (Wildman–Crippen LogP) is 5.60. The van der Waals surface area contributed by atoms with E-state index in [2.05, 4.69) is 50.2 Å². The van der Waals surface area contributed by atoms with E-state index < -0.39 is 0 Å². The summed E-state index contributed by atoms with van der Waals surface area (Å²) in [5, 5.41) is 0. The Morgan fingerprint density at radius 1 is 0.750 bits per heavy atom. The van der Waals surface area contributed by atoms with Crippen LogP contribution in [0.3, 0.4) is 0 Å². The number of aryl methyl sites for hydroxylation is 1. The molecule has 0 fully saturated rings. The van der Waals surface area contributed by atoms with E-state index in [0.717, 1.165) is 30.6 Å². The third-order valence-corrected chi connectivity index (χ3v) is 7.68. The van der Waals surface area contributed by atoms with Gasteiger partial charge in [0.15, 0.2) is 0 Å². The van der Waals surface area contributed by atoms with Gasteiger partial charge >= 0.3 is 0 Å². The summed E-state index contributed by atoms with van der Waals surface area (Å²) in [6.45, 7) is 6.58. The Balaban J connectivity index is 1.58. The minimum Gasteiger partial charge on any atom is -0.488 e. The molecule has 3 heteroatoms. The van der Waals surface area contributed by atoms with E-state index >= 15 is 0 Å². The van der Waals surface area contributed by atoms with Gasteiger partial charge in [-0.2, -0.15) is 0 Å². The molecule has 1 atom stereocenters. The summed E-state index contributed by atoms with van der Waals surface area (Å²) < 4.78 is 16.9. The number of fused-ring (bicyclic) bond motifs is 3. The maximum absolute atomic E-state index is 5.78. The van der Waals surface area contributed by atoms with E-state index in [1.54, 1.807) is 19.8 Å². The van der Waals surface area contributed by atoms with Crippen LogP contribution in [0.2, 0.25) is 0 Å². The van der Waals surface area contributed by atoms with Crippen LogP contribution in [-0.4, -0.2) is 14.2 Å². The lowest BCUT2D eigenvalue weighted by Crippen LogP contribution is -2.27. The molecule has 3 aromatic rings. The maximum Gasteiger partial charge on any atom is 0.131 e. The van der Waals surface area contributed by atoms with Crippen LogP contribution in [0.1, 0.15) is 75.0 Å². The number of ether oxygens (including phenoxy) is 3. The minimum absolute atomic E-state index is 0.255. The molecule has 1 heterocycles. The summed E-state index contributed by atoms with van der Waals surface area (Å²) in [7, 11) is 3.54. The zero-order chi connectivity index (χ0) is 22.0. The molecule has 0 spiro atoms. The average Bonchev–Trinajstić information content (AvgIpc) is 3.67. The molecule has 164 valence electrons. The van der Waals surface area contributed by atoms with E-state index in [9.17, 15) is 0 Å². The average molecular weight is 427 g/mol. The van der Waals surface area contributed by atoms with Crippen LogP contribution in [0.4, 0.5) is 0 Å². The summed E-state index contributed by atoms with van der Waals surface area (Å²) >= 11 is 0. The molecule has 2 aliphatic carbocycles. The Bertz CT molecular complexity index is 1260. The molecule has 0 N–H and O–H groups in total. The lowest BCUT2D eigenvalue weighted by atomic mass is 9.69. The molecule has 1 unspecified atom stereocenters. The van der Waals surface area contributed by atoms with Crippen molar-refractivity contribution >= 4 is 0 Å². The molecule has 3 nitrogen and oxygen atoms in total. The van der Waals surface area contributed by atoms with Crippen molar-refractivity contribution in [3.8, 4) is 5.75 Å². The van der Waals surface area contributed by atoms with E-state index in [-0.39, 0.29) is 5.41 Å². The van der Waals surface area contributed by atoms with Gasteiger partial charge in [-0.1, -0.05) is 31.2 Å². The predicted molar refractivity (Wildman–Crippen MR) is 126 cm³/mol. The molecule has 3 aliphatic rings. The van der Waals surface area contributed by atoms with E-state index in [4.69, 9.17) is 14.2 Å². The summed E-state index contributed by atoms with van der Waals surface area (Å²) in [6, 6.07) is 14.4. The van der Waals surface area contributed by atoms with Gasteiger partial charge in [-0.25, -0.2) is 0 Å². The molecule has 0 saturated carbocycles. The molecule has 0 amide bonds. The van der Waals surface area contributed by atoms with Crippen molar-refractivity contribution in [2.24, 2.45) is 0 Å². The van der Waals surface area contributed by atoms with Gasteiger partial charge in [-0.15, -0.1) is 0 Å². The molecular weight excluding hydrogens is 396 g/mol. The van der Waals surface area contributed by atoms with Crippen LogP contribution in [0, 0.1) is 0 Å². The standard InChI is InChI=1S/C29H30O3/c1-5-17-6-23(7-18-12-26(17)18)29(2,24-8-19-13-27(19)20(9-24)14-30-3)25-10-21(15-31-4)28-22(11-25)16-32-28/h6-11H,5,12-16H2,1-4H3. The second-order valence-corrected chi connectivity index (χ2v) is 9.66. The molecule has 3 aromatic carbocycles. The highest BCUT2D eigenvalue weighted by atomic mass is 16.5. The van der Waals surface area contributed by atoms with Crippen molar-refractivity contribution in [3.63, 3.8) is 0 Å². The third kappa shape index (κ3) is 2.95. The fourth-order valence-electron chi connectivity index (χ4n) is 5.56. The molecule has 0 radical (unpaired) electrons. The number of rotatable bonds is 8. The lowest BCUT2D eigenvalue weighted by molar-refractivity contribution is 0.171.